The van der Waals surface area contributed by atoms with Gasteiger partial charge in [0.05, 0.1) is 19.2 Å². The number of halogens is 1. The molecule has 0 aliphatic rings. The summed E-state index contributed by atoms with van der Waals surface area (Å²) in [5.41, 5.74) is 1.27. The molecule has 0 saturated heterocycles. The monoisotopic (exact) mass is 301 g/mol. The molecule has 0 bridgehead atoms. The fourth-order valence-electron chi connectivity index (χ4n) is 1.74. The van der Waals surface area contributed by atoms with Gasteiger partial charge >= 0.3 is 11.9 Å². The van der Waals surface area contributed by atoms with Crippen molar-refractivity contribution in [2.24, 2.45) is 0 Å². The van der Waals surface area contributed by atoms with Gasteiger partial charge in [0.2, 0.25) is 0 Å². The summed E-state index contributed by atoms with van der Waals surface area (Å²) in [5, 5.41) is 18.2. The second-order valence-electron chi connectivity index (χ2n) is 4.23. The molecule has 0 heterocycles. The summed E-state index contributed by atoms with van der Waals surface area (Å²) in [6, 6.07) is 3.27. The van der Waals surface area contributed by atoms with Gasteiger partial charge in [-0.3, -0.25) is 9.59 Å². The van der Waals surface area contributed by atoms with Gasteiger partial charge in [-0.1, -0.05) is 11.6 Å². The molecule has 0 saturated carbocycles. The van der Waals surface area contributed by atoms with E-state index in [4.69, 9.17) is 26.6 Å². The Kier molecular flexibility index (Phi) is 5.64. The number of carboxylic acid groups (broad SMARTS) is 2. The zero-order chi connectivity index (χ0) is 15.3. The molecule has 7 heteroatoms. The Morgan fingerprint density at radius 3 is 2.45 bits per heavy atom. The Labute approximate surface area is 121 Å². The zero-order valence-corrected chi connectivity index (χ0v) is 12.0. The maximum atomic E-state index is 10.9. The lowest BCUT2D eigenvalue weighted by Crippen LogP contribution is -2.32. The number of anilines is 1. The van der Waals surface area contributed by atoms with E-state index < -0.39 is 11.9 Å². The molecular formula is C13H16ClNO5. The van der Waals surface area contributed by atoms with Crippen molar-refractivity contribution in [3.63, 3.8) is 0 Å². The first-order valence-electron chi connectivity index (χ1n) is 5.87. The van der Waals surface area contributed by atoms with Gasteiger partial charge < -0.3 is 19.8 Å². The normalized spacial score (nSPS) is 10.2. The minimum atomic E-state index is -1.05. The van der Waals surface area contributed by atoms with Crippen molar-refractivity contribution < 1.29 is 24.5 Å². The molecule has 0 aliphatic heterocycles. The highest BCUT2D eigenvalue weighted by atomic mass is 35.5. The number of carboxylic acids is 2. The molecule has 110 valence electrons. The Morgan fingerprint density at radius 2 is 1.95 bits per heavy atom. The number of methoxy groups -OCH3 is 1. The van der Waals surface area contributed by atoms with E-state index in [2.05, 4.69) is 0 Å². The van der Waals surface area contributed by atoms with Crippen LogP contribution in [0.2, 0.25) is 5.02 Å². The minimum Gasteiger partial charge on any atom is -0.495 e. The number of aryl methyl sites for hydroxylation is 1. The average Bonchev–Trinajstić information content (AvgIpc) is 2.36. The molecule has 6 nitrogen and oxygen atoms in total. The number of ether oxygens (including phenoxy) is 1. The number of benzene rings is 1. The lowest BCUT2D eigenvalue weighted by Gasteiger charge is -2.25. The standard InChI is InChI=1S/C13H16ClNO5/c1-8-5-10(11(20-2)6-9(8)14)15(7-13(18)19)4-3-12(16)17/h5-6H,3-4,7H2,1-2H3,(H,16,17)(H,18,19). The molecule has 0 aromatic heterocycles. The fraction of sp³-hybridized carbons (Fsp3) is 0.385. The molecule has 1 aromatic carbocycles. The third-order valence-corrected chi connectivity index (χ3v) is 3.13. The van der Waals surface area contributed by atoms with E-state index in [1.54, 1.807) is 19.1 Å². The van der Waals surface area contributed by atoms with Crippen molar-refractivity contribution in [3.05, 3.63) is 22.7 Å². The van der Waals surface area contributed by atoms with Gasteiger partial charge in [0.15, 0.2) is 0 Å². The Bertz CT molecular complexity index is 518. The van der Waals surface area contributed by atoms with Gasteiger partial charge in [-0.05, 0) is 18.6 Å². The molecule has 20 heavy (non-hydrogen) atoms. The highest BCUT2D eigenvalue weighted by Crippen LogP contribution is 2.33. The Balaban J connectivity index is 3.13. The number of carbonyl (C=O) groups is 2. The van der Waals surface area contributed by atoms with E-state index in [1.807, 2.05) is 0 Å². The summed E-state index contributed by atoms with van der Waals surface area (Å²) in [4.78, 5) is 23.0. The van der Waals surface area contributed by atoms with Crippen LogP contribution in [-0.4, -0.2) is 42.4 Å². The Morgan fingerprint density at radius 1 is 1.30 bits per heavy atom. The van der Waals surface area contributed by atoms with Gasteiger partial charge in [0, 0.05) is 17.6 Å². The van der Waals surface area contributed by atoms with E-state index in [0.29, 0.717) is 16.5 Å². The second-order valence-corrected chi connectivity index (χ2v) is 4.64. The van der Waals surface area contributed by atoms with Gasteiger partial charge in [0.25, 0.3) is 0 Å². The van der Waals surface area contributed by atoms with Crippen LogP contribution in [0.4, 0.5) is 5.69 Å². The highest BCUT2D eigenvalue weighted by molar-refractivity contribution is 6.31. The highest BCUT2D eigenvalue weighted by Gasteiger charge is 2.17. The lowest BCUT2D eigenvalue weighted by molar-refractivity contribution is -0.138. The van der Waals surface area contributed by atoms with E-state index in [9.17, 15) is 9.59 Å². The Hall–Kier alpha value is -1.95. The number of hydrogen-bond acceptors (Lipinski definition) is 4. The van der Waals surface area contributed by atoms with Crippen LogP contribution >= 0.6 is 11.6 Å². The number of rotatable bonds is 7. The fourth-order valence-corrected chi connectivity index (χ4v) is 1.89. The number of hydrogen-bond donors (Lipinski definition) is 2. The van der Waals surface area contributed by atoms with Crippen molar-refractivity contribution in [2.45, 2.75) is 13.3 Å². The van der Waals surface area contributed by atoms with Crippen LogP contribution in [0.3, 0.4) is 0 Å². The van der Waals surface area contributed by atoms with Crippen molar-refractivity contribution in [3.8, 4) is 5.75 Å². The molecule has 1 rings (SSSR count). The minimum absolute atomic E-state index is 0.0685. The molecule has 0 unspecified atom stereocenters. The van der Waals surface area contributed by atoms with Crippen LogP contribution in [-0.2, 0) is 9.59 Å². The predicted octanol–water partition coefficient (Wildman–Crippen LogP) is 2.02. The van der Waals surface area contributed by atoms with Crippen LogP contribution < -0.4 is 9.64 Å². The van der Waals surface area contributed by atoms with Crippen molar-refractivity contribution in [1.82, 2.24) is 0 Å². The van der Waals surface area contributed by atoms with E-state index in [1.165, 1.54) is 12.0 Å². The van der Waals surface area contributed by atoms with E-state index in [-0.39, 0.29) is 19.5 Å². The molecule has 0 fully saturated rings. The van der Waals surface area contributed by atoms with E-state index >= 15 is 0 Å². The van der Waals surface area contributed by atoms with Crippen LogP contribution in [0.15, 0.2) is 12.1 Å². The maximum absolute atomic E-state index is 10.9. The first-order valence-corrected chi connectivity index (χ1v) is 6.25. The summed E-state index contributed by atoms with van der Waals surface area (Å²) in [5.74, 6) is -1.64. The van der Waals surface area contributed by atoms with Crippen LogP contribution in [0.1, 0.15) is 12.0 Å². The third kappa shape index (κ3) is 4.31. The summed E-state index contributed by atoms with van der Waals surface area (Å²) in [7, 11) is 1.45. The van der Waals surface area contributed by atoms with Crippen molar-refractivity contribution in [2.75, 3.05) is 25.1 Å². The lowest BCUT2D eigenvalue weighted by atomic mass is 10.1. The van der Waals surface area contributed by atoms with Gasteiger partial charge in [-0.15, -0.1) is 0 Å². The van der Waals surface area contributed by atoms with Crippen LogP contribution in [0.25, 0.3) is 0 Å². The van der Waals surface area contributed by atoms with Crippen LogP contribution in [0.5, 0.6) is 5.75 Å². The largest absolute Gasteiger partial charge is 0.495 e. The molecule has 2 N–H and O–H groups in total. The van der Waals surface area contributed by atoms with Crippen molar-refractivity contribution in [1.29, 1.82) is 0 Å². The van der Waals surface area contributed by atoms with Crippen LogP contribution in [0, 0.1) is 6.92 Å². The SMILES string of the molecule is COc1cc(Cl)c(C)cc1N(CCC(=O)O)CC(=O)O. The summed E-state index contributed by atoms with van der Waals surface area (Å²) >= 11 is 5.99. The molecule has 0 atom stereocenters. The summed E-state index contributed by atoms with van der Waals surface area (Å²) in [6.45, 7) is 1.53. The molecule has 1 aromatic rings. The first kappa shape index (κ1) is 16.1. The maximum Gasteiger partial charge on any atom is 0.323 e. The van der Waals surface area contributed by atoms with E-state index in [0.717, 1.165) is 5.56 Å². The average molecular weight is 302 g/mol. The first-order chi connectivity index (χ1) is 9.35. The predicted molar refractivity (Wildman–Crippen MR) is 74.8 cm³/mol. The molecule has 0 spiro atoms. The summed E-state index contributed by atoms with van der Waals surface area (Å²) in [6.07, 6.45) is -0.169. The summed E-state index contributed by atoms with van der Waals surface area (Å²) < 4.78 is 5.18. The molecule has 0 radical (unpaired) electrons. The van der Waals surface area contributed by atoms with Gasteiger partial charge in [-0.2, -0.15) is 0 Å². The quantitative estimate of drug-likeness (QED) is 0.801. The molecule has 0 amide bonds. The number of aliphatic carboxylic acids is 2. The topological polar surface area (TPSA) is 87.1 Å². The molecular weight excluding hydrogens is 286 g/mol. The van der Waals surface area contributed by atoms with Crippen molar-refractivity contribution >= 4 is 29.2 Å². The third-order valence-electron chi connectivity index (χ3n) is 2.72. The van der Waals surface area contributed by atoms with Gasteiger partial charge in [0.1, 0.15) is 12.3 Å². The smallest absolute Gasteiger partial charge is 0.323 e. The number of nitrogens with zero attached hydrogens (tertiary/aromatic N) is 1. The second kappa shape index (κ2) is 7.00. The molecule has 0 aliphatic carbocycles. The van der Waals surface area contributed by atoms with Gasteiger partial charge in [-0.25, -0.2) is 0 Å². The zero-order valence-electron chi connectivity index (χ0n) is 11.2.